The molecule has 0 atom stereocenters. The number of fused-ring (bicyclic) bond motifs is 1. The molecule has 27 heavy (non-hydrogen) atoms. The van der Waals surface area contributed by atoms with Crippen molar-refractivity contribution in [3.05, 3.63) is 65.1 Å². The molecule has 0 aliphatic rings. The number of aromatic carboxylic acids is 1. The van der Waals surface area contributed by atoms with E-state index in [2.05, 4.69) is 10.3 Å². The zero-order chi connectivity index (χ0) is 19.8. The number of amides is 1. The first-order valence-corrected chi connectivity index (χ1v) is 7.93. The van der Waals surface area contributed by atoms with Gasteiger partial charge in [-0.2, -0.15) is 13.2 Å². The lowest BCUT2D eigenvalue weighted by atomic mass is 10.2. The topological polar surface area (TPSA) is 83.7 Å². The number of hydrogen-bond donors (Lipinski definition) is 2. The van der Waals surface area contributed by atoms with E-state index in [1.165, 1.54) is 30.3 Å². The fourth-order valence-corrected chi connectivity index (χ4v) is 2.67. The summed E-state index contributed by atoms with van der Waals surface area (Å²) in [6, 6.07) is 7.66. The second-order valence-corrected chi connectivity index (χ2v) is 5.74. The number of carboxylic acids is 1. The van der Waals surface area contributed by atoms with Gasteiger partial charge in [0.2, 0.25) is 0 Å². The lowest BCUT2D eigenvalue weighted by molar-refractivity contribution is -0.137. The van der Waals surface area contributed by atoms with E-state index in [9.17, 15) is 22.8 Å². The van der Waals surface area contributed by atoms with Crippen LogP contribution in [0.1, 0.15) is 39.0 Å². The molecule has 0 saturated heterocycles. The molecule has 9 heteroatoms. The van der Waals surface area contributed by atoms with Crippen molar-refractivity contribution in [3.63, 3.8) is 0 Å². The molecule has 0 bridgehead atoms. The van der Waals surface area contributed by atoms with Crippen molar-refractivity contribution in [2.45, 2.75) is 19.5 Å². The summed E-state index contributed by atoms with van der Waals surface area (Å²) in [6.45, 7) is 1.73. The van der Waals surface area contributed by atoms with Crippen LogP contribution >= 0.6 is 0 Å². The third kappa shape index (κ3) is 3.62. The normalized spacial score (nSPS) is 11.6. The van der Waals surface area contributed by atoms with Crippen LogP contribution < -0.4 is 5.32 Å². The number of halogens is 3. The SMILES string of the molecule is CCc1nc2ccc(C(F)(F)F)cn2c1C(=O)Nc1cccc(C(=O)O)c1. The van der Waals surface area contributed by atoms with Crippen molar-refractivity contribution in [3.8, 4) is 0 Å². The highest BCUT2D eigenvalue weighted by Gasteiger charge is 2.31. The molecule has 0 spiro atoms. The lowest BCUT2D eigenvalue weighted by Crippen LogP contribution is -2.17. The number of carbonyl (C=O) groups excluding carboxylic acids is 1. The van der Waals surface area contributed by atoms with E-state index < -0.39 is 23.6 Å². The van der Waals surface area contributed by atoms with Crippen LogP contribution in [0, 0.1) is 0 Å². The number of anilines is 1. The minimum atomic E-state index is -4.56. The van der Waals surface area contributed by atoms with Gasteiger partial charge >= 0.3 is 12.1 Å². The maximum atomic E-state index is 13.0. The molecule has 0 saturated carbocycles. The van der Waals surface area contributed by atoms with Crippen LogP contribution in [-0.4, -0.2) is 26.4 Å². The molecule has 0 aliphatic heterocycles. The van der Waals surface area contributed by atoms with Crippen molar-refractivity contribution in [1.82, 2.24) is 9.38 Å². The number of imidazole rings is 1. The summed E-state index contributed by atoms with van der Waals surface area (Å²) in [5.41, 5.74) is -0.202. The van der Waals surface area contributed by atoms with Crippen LogP contribution in [0.2, 0.25) is 0 Å². The quantitative estimate of drug-likeness (QED) is 0.723. The second kappa shape index (κ2) is 6.75. The largest absolute Gasteiger partial charge is 0.478 e. The maximum absolute atomic E-state index is 13.0. The van der Waals surface area contributed by atoms with E-state index in [1.807, 2.05) is 0 Å². The van der Waals surface area contributed by atoms with Crippen LogP contribution in [0.5, 0.6) is 0 Å². The summed E-state index contributed by atoms with van der Waals surface area (Å²) in [4.78, 5) is 28.0. The Labute approximate surface area is 151 Å². The van der Waals surface area contributed by atoms with Gasteiger partial charge in [-0.05, 0) is 36.8 Å². The summed E-state index contributed by atoms with van der Waals surface area (Å²) in [7, 11) is 0. The summed E-state index contributed by atoms with van der Waals surface area (Å²) in [5, 5.41) is 11.5. The van der Waals surface area contributed by atoms with E-state index in [1.54, 1.807) is 6.92 Å². The fourth-order valence-electron chi connectivity index (χ4n) is 2.67. The molecule has 3 aromatic rings. The van der Waals surface area contributed by atoms with Crippen LogP contribution in [0.3, 0.4) is 0 Å². The minimum absolute atomic E-state index is 0.0268. The summed E-state index contributed by atoms with van der Waals surface area (Å²) >= 11 is 0. The zero-order valence-electron chi connectivity index (χ0n) is 14.0. The Morgan fingerprint density at radius 3 is 2.59 bits per heavy atom. The summed E-state index contributed by atoms with van der Waals surface area (Å²) < 4.78 is 40.1. The smallest absolute Gasteiger partial charge is 0.417 e. The average molecular weight is 377 g/mol. The minimum Gasteiger partial charge on any atom is -0.478 e. The van der Waals surface area contributed by atoms with E-state index in [4.69, 9.17) is 5.11 Å². The van der Waals surface area contributed by atoms with Crippen LogP contribution in [0.25, 0.3) is 5.65 Å². The number of alkyl halides is 3. The highest BCUT2D eigenvalue weighted by Crippen LogP contribution is 2.30. The first kappa shape index (κ1) is 18.4. The summed E-state index contributed by atoms with van der Waals surface area (Å²) in [5.74, 6) is -1.84. The van der Waals surface area contributed by atoms with Gasteiger partial charge in [-0.1, -0.05) is 13.0 Å². The Bertz CT molecular complexity index is 1040. The van der Waals surface area contributed by atoms with E-state index in [-0.39, 0.29) is 22.6 Å². The Balaban J connectivity index is 2.05. The van der Waals surface area contributed by atoms with Crippen molar-refractivity contribution >= 4 is 23.2 Å². The number of nitrogens with one attached hydrogen (secondary N) is 1. The number of pyridine rings is 1. The Hall–Kier alpha value is -3.36. The maximum Gasteiger partial charge on any atom is 0.417 e. The molecule has 0 fully saturated rings. The Morgan fingerprint density at radius 1 is 1.22 bits per heavy atom. The highest BCUT2D eigenvalue weighted by molar-refractivity contribution is 6.05. The fraction of sp³-hybridized carbons (Fsp3) is 0.167. The summed E-state index contributed by atoms with van der Waals surface area (Å²) in [6.07, 6.45) is -3.40. The number of carboxylic acid groups (broad SMARTS) is 1. The Kier molecular flexibility index (Phi) is 4.61. The molecule has 3 rings (SSSR count). The highest BCUT2D eigenvalue weighted by atomic mass is 19.4. The lowest BCUT2D eigenvalue weighted by Gasteiger charge is -2.10. The monoisotopic (exact) mass is 377 g/mol. The number of aromatic nitrogens is 2. The van der Waals surface area contributed by atoms with Gasteiger partial charge in [0.25, 0.3) is 5.91 Å². The second-order valence-electron chi connectivity index (χ2n) is 5.74. The van der Waals surface area contributed by atoms with Gasteiger partial charge in [0, 0.05) is 11.9 Å². The van der Waals surface area contributed by atoms with Crippen molar-refractivity contribution in [2.75, 3.05) is 5.32 Å². The van der Waals surface area contributed by atoms with Gasteiger partial charge in [0.15, 0.2) is 0 Å². The third-order valence-electron chi connectivity index (χ3n) is 3.94. The van der Waals surface area contributed by atoms with Crippen molar-refractivity contribution in [1.29, 1.82) is 0 Å². The van der Waals surface area contributed by atoms with Crippen LogP contribution in [-0.2, 0) is 12.6 Å². The molecular formula is C18H14F3N3O3. The number of hydrogen-bond acceptors (Lipinski definition) is 3. The van der Waals surface area contributed by atoms with Gasteiger partial charge in [0.1, 0.15) is 11.3 Å². The van der Waals surface area contributed by atoms with Crippen LogP contribution in [0.4, 0.5) is 18.9 Å². The van der Waals surface area contributed by atoms with Gasteiger partial charge in [-0.3, -0.25) is 9.20 Å². The van der Waals surface area contributed by atoms with E-state index in [0.717, 1.165) is 16.7 Å². The predicted octanol–water partition coefficient (Wildman–Crippen LogP) is 3.87. The average Bonchev–Trinajstić information content (AvgIpc) is 2.99. The van der Waals surface area contributed by atoms with Crippen molar-refractivity contribution in [2.24, 2.45) is 0 Å². The van der Waals surface area contributed by atoms with Gasteiger partial charge in [-0.25, -0.2) is 9.78 Å². The standard InChI is InChI=1S/C18H14F3N3O3/c1-2-13-15(16(25)22-12-5-3-4-10(8-12)17(26)27)24-9-11(18(19,20)21)6-7-14(24)23-13/h3-9H,2H2,1H3,(H,22,25)(H,26,27). The third-order valence-corrected chi connectivity index (χ3v) is 3.94. The molecule has 1 amide bonds. The number of benzene rings is 1. The number of rotatable bonds is 4. The van der Waals surface area contributed by atoms with Gasteiger partial charge < -0.3 is 10.4 Å². The van der Waals surface area contributed by atoms with Crippen molar-refractivity contribution < 1.29 is 27.9 Å². The zero-order valence-corrected chi connectivity index (χ0v) is 14.0. The molecule has 1 aromatic carbocycles. The molecular weight excluding hydrogens is 363 g/mol. The number of carbonyl (C=O) groups is 2. The van der Waals surface area contributed by atoms with Gasteiger partial charge in [-0.15, -0.1) is 0 Å². The molecule has 0 unspecified atom stereocenters. The predicted molar refractivity (Wildman–Crippen MR) is 90.9 cm³/mol. The molecule has 2 N–H and O–H groups in total. The Morgan fingerprint density at radius 2 is 1.96 bits per heavy atom. The van der Waals surface area contributed by atoms with E-state index in [0.29, 0.717) is 12.1 Å². The number of nitrogens with zero attached hydrogens (tertiary/aromatic N) is 2. The van der Waals surface area contributed by atoms with E-state index >= 15 is 0 Å². The first-order chi connectivity index (χ1) is 12.7. The molecule has 6 nitrogen and oxygen atoms in total. The van der Waals surface area contributed by atoms with Crippen LogP contribution in [0.15, 0.2) is 42.6 Å². The number of aryl methyl sites for hydroxylation is 1. The first-order valence-electron chi connectivity index (χ1n) is 7.93. The molecule has 0 radical (unpaired) electrons. The molecule has 0 aliphatic carbocycles. The molecule has 2 aromatic heterocycles. The van der Waals surface area contributed by atoms with Gasteiger partial charge in [0.05, 0.1) is 16.8 Å². The molecule has 2 heterocycles. The molecule has 140 valence electrons.